The number of sulfonamides is 1. The van der Waals surface area contributed by atoms with Gasteiger partial charge in [0.1, 0.15) is 9.84 Å². The summed E-state index contributed by atoms with van der Waals surface area (Å²) in [7, 11) is -6.56. The summed E-state index contributed by atoms with van der Waals surface area (Å²) in [4.78, 5) is 0. The first kappa shape index (κ1) is 16.2. The van der Waals surface area contributed by atoms with E-state index in [1.807, 2.05) is 0 Å². The minimum absolute atomic E-state index is 0.00771. The monoisotopic (exact) mass is 325 g/mol. The van der Waals surface area contributed by atoms with Crippen molar-refractivity contribution in [2.75, 3.05) is 18.1 Å². The maximum Gasteiger partial charge on any atom is 0.214 e. The van der Waals surface area contributed by atoms with Crippen LogP contribution in [0.15, 0.2) is 0 Å². The minimum Gasteiger partial charge on any atom is -0.396 e. The lowest BCUT2D eigenvalue weighted by atomic mass is 9.86. The van der Waals surface area contributed by atoms with E-state index in [2.05, 4.69) is 4.72 Å². The van der Waals surface area contributed by atoms with Gasteiger partial charge >= 0.3 is 0 Å². The molecular formula is C12H23NO5S2. The van der Waals surface area contributed by atoms with Gasteiger partial charge in [0.25, 0.3) is 0 Å². The third kappa shape index (κ3) is 3.93. The van der Waals surface area contributed by atoms with Crippen molar-refractivity contribution >= 4 is 19.9 Å². The number of aliphatic hydroxyl groups excluding tert-OH is 1. The normalized spacial score (nSPS) is 32.0. The van der Waals surface area contributed by atoms with E-state index in [0.29, 0.717) is 0 Å². The Morgan fingerprint density at radius 1 is 1.05 bits per heavy atom. The highest BCUT2D eigenvalue weighted by Gasteiger charge is 2.36. The molecule has 1 saturated carbocycles. The molecule has 2 N–H and O–H groups in total. The van der Waals surface area contributed by atoms with Crippen LogP contribution in [0.5, 0.6) is 0 Å². The molecule has 2 aliphatic rings. The van der Waals surface area contributed by atoms with E-state index in [4.69, 9.17) is 0 Å². The minimum atomic E-state index is -3.50. The van der Waals surface area contributed by atoms with Crippen LogP contribution in [-0.2, 0) is 19.9 Å². The molecule has 2 unspecified atom stereocenters. The molecule has 6 nitrogen and oxygen atoms in total. The van der Waals surface area contributed by atoms with Gasteiger partial charge in [0.05, 0.1) is 16.8 Å². The first-order valence-electron chi connectivity index (χ1n) is 7.16. The lowest BCUT2D eigenvalue weighted by molar-refractivity contribution is 0.164. The molecule has 0 amide bonds. The fraction of sp³-hybridized carbons (Fsp3) is 1.00. The molecule has 0 aromatic rings. The Morgan fingerprint density at radius 2 is 1.65 bits per heavy atom. The third-order valence-electron chi connectivity index (χ3n) is 4.40. The molecule has 2 fully saturated rings. The molecule has 1 aliphatic carbocycles. The van der Waals surface area contributed by atoms with E-state index in [-0.39, 0.29) is 42.9 Å². The van der Waals surface area contributed by atoms with Gasteiger partial charge in [-0.05, 0) is 31.6 Å². The van der Waals surface area contributed by atoms with Crippen molar-refractivity contribution in [2.24, 2.45) is 5.92 Å². The second kappa shape index (κ2) is 6.29. The van der Waals surface area contributed by atoms with E-state index < -0.39 is 25.1 Å². The fourth-order valence-corrected chi connectivity index (χ4v) is 6.64. The predicted molar refractivity (Wildman–Crippen MR) is 76.6 cm³/mol. The van der Waals surface area contributed by atoms with Crippen molar-refractivity contribution in [1.29, 1.82) is 0 Å². The zero-order valence-corrected chi connectivity index (χ0v) is 13.1. The topological polar surface area (TPSA) is 101 Å². The van der Waals surface area contributed by atoms with Crippen LogP contribution in [0.2, 0.25) is 0 Å². The lowest BCUT2D eigenvalue weighted by Gasteiger charge is -2.32. The Hall–Kier alpha value is -0.180. The molecule has 20 heavy (non-hydrogen) atoms. The van der Waals surface area contributed by atoms with Gasteiger partial charge in [0.15, 0.2) is 0 Å². The zero-order valence-electron chi connectivity index (χ0n) is 11.5. The van der Waals surface area contributed by atoms with Crippen molar-refractivity contribution in [2.45, 2.75) is 49.8 Å². The highest BCUT2D eigenvalue weighted by Crippen LogP contribution is 2.26. The van der Waals surface area contributed by atoms with E-state index >= 15 is 0 Å². The van der Waals surface area contributed by atoms with Crippen LogP contribution in [0.25, 0.3) is 0 Å². The van der Waals surface area contributed by atoms with Gasteiger partial charge in [0, 0.05) is 12.6 Å². The average Bonchev–Trinajstić information content (AvgIpc) is 2.38. The average molecular weight is 325 g/mol. The lowest BCUT2D eigenvalue weighted by Crippen LogP contribution is -2.48. The summed E-state index contributed by atoms with van der Waals surface area (Å²) in [5.74, 6) is -0.120. The number of nitrogens with one attached hydrogen (secondary N) is 1. The second-order valence-electron chi connectivity index (χ2n) is 5.85. The van der Waals surface area contributed by atoms with Gasteiger partial charge in [-0.15, -0.1) is 0 Å². The maximum absolute atomic E-state index is 12.3. The summed E-state index contributed by atoms with van der Waals surface area (Å²) < 4.78 is 50.1. The number of hydrogen-bond acceptors (Lipinski definition) is 5. The standard InChI is InChI=1S/C12H23NO5S2/c14-9-10-3-1-2-4-12(10)13-20(17,18)11-5-7-19(15,16)8-6-11/h10-14H,1-9H2. The summed E-state index contributed by atoms with van der Waals surface area (Å²) >= 11 is 0. The first-order valence-corrected chi connectivity index (χ1v) is 10.5. The Bertz CT molecular complexity index is 514. The van der Waals surface area contributed by atoms with Crippen molar-refractivity contribution in [3.05, 3.63) is 0 Å². The molecule has 1 aliphatic heterocycles. The summed E-state index contributed by atoms with van der Waals surface area (Å²) in [5.41, 5.74) is 0. The van der Waals surface area contributed by atoms with Crippen LogP contribution in [0.3, 0.4) is 0 Å². The second-order valence-corrected chi connectivity index (χ2v) is 10.1. The van der Waals surface area contributed by atoms with Crippen LogP contribution in [0, 0.1) is 5.92 Å². The van der Waals surface area contributed by atoms with Crippen molar-refractivity contribution in [3.8, 4) is 0 Å². The summed E-state index contributed by atoms with van der Waals surface area (Å²) in [5, 5.41) is 8.70. The van der Waals surface area contributed by atoms with Crippen LogP contribution >= 0.6 is 0 Å². The summed E-state index contributed by atoms with van der Waals surface area (Å²) in [6.07, 6.45) is 3.91. The largest absolute Gasteiger partial charge is 0.396 e. The SMILES string of the molecule is O=S1(=O)CCC(S(=O)(=O)NC2CCCCC2CO)CC1. The highest BCUT2D eigenvalue weighted by molar-refractivity contribution is 7.92. The van der Waals surface area contributed by atoms with Gasteiger partial charge in [0.2, 0.25) is 10.0 Å². The van der Waals surface area contributed by atoms with Gasteiger partial charge < -0.3 is 5.11 Å². The smallest absolute Gasteiger partial charge is 0.214 e. The Balaban J connectivity index is 2.00. The first-order chi connectivity index (χ1) is 9.34. The van der Waals surface area contributed by atoms with Crippen molar-refractivity contribution in [1.82, 2.24) is 4.72 Å². The highest BCUT2D eigenvalue weighted by atomic mass is 32.2. The molecule has 2 rings (SSSR count). The fourth-order valence-electron chi connectivity index (χ4n) is 3.07. The van der Waals surface area contributed by atoms with E-state index in [1.54, 1.807) is 0 Å². The number of rotatable bonds is 4. The van der Waals surface area contributed by atoms with Gasteiger partial charge in [-0.25, -0.2) is 21.6 Å². The zero-order chi connectivity index (χ0) is 14.8. The van der Waals surface area contributed by atoms with Gasteiger partial charge in [-0.3, -0.25) is 0 Å². The molecule has 0 spiro atoms. The van der Waals surface area contributed by atoms with Gasteiger partial charge in [-0.1, -0.05) is 12.8 Å². The van der Waals surface area contributed by atoms with Crippen molar-refractivity contribution < 1.29 is 21.9 Å². The molecule has 118 valence electrons. The molecule has 1 saturated heterocycles. The van der Waals surface area contributed by atoms with Gasteiger partial charge in [-0.2, -0.15) is 0 Å². The Kier molecular flexibility index (Phi) is 5.09. The molecular weight excluding hydrogens is 302 g/mol. The number of sulfone groups is 1. The Labute approximate surface area is 120 Å². The van der Waals surface area contributed by atoms with E-state index in [9.17, 15) is 21.9 Å². The van der Waals surface area contributed by atoms with Crippen LogP contribution < -0.4 is 4.72 Å². The van der Waals surface area contributed by atoms with E-state index in [0.717, 1.165) is 25.7 Å². The maximum atomic E-state index is 12.3. The Morgan fingerprint density at radius 3 is 2.25 bits per heavy atom. The van der Waals surface area contributed by atoms with Crippen LogP contribution in [0.1, 0.15) is 38.5 Å². The predicted octanol–water partition coefficient (Wildman–Crippen LogP) is 0.0341. The van der Waals surface area contributed by atoms with Crippen LogP contribution in [-0.4, -0.2) is 51.3 Å². The molecule has 0 aromatic carbocycles. The third-order valence-corrected chi connectivity index (χ3v) is 8.10. The molecule has 0 radical (unpaired) electrons. The summed E-state index contributed by atoms with van der Waals surface area (Å²) in [6, 6.07) is -0.211. The molecule has 8 heteroatoms. The van der Waals surface area contributed by atoms with E-state index in [1.165, 1.54) is 0 Å². The molecule has 2 atom stereocenters. The molecule has 0 aromatic heterocycles. The quantitative estimate of drug-likeness (QED) is 0.760. The van der Waals surface area contributed by atoms with Crippen LogP contribution in [0.4, 0.5) is 0 Å². The summed E-state index contributed by atoms with van der Waals surface area (Å²) in [6.45, 7) is -0.00771. The molecule has 1 heterocycles. The van der Waals surface area contributed by atoms with Crippen molar-refractivity contribution in [3.63, 3.8) is 0 Å². The molecule has 0 bridgehead atoms. The number of aliphatic hydroxyl groups is 1. The number of hydrogen-bond donors (Lipinski definition) is 2.